The summed E-state index contributed by atoms with van der Waals surface area (Å²) in [4.78, 5) is 12.3. The van der Waals surface area contributed by atoms with Gasteiger partial charge in [-0.25, -0.2) is 4.79 Å². The normalized spacial score (nSPS) is 19.4. The van der Waals surface area contributed by atoms with Gasteiger partial charge in [0.2, 0.25) is 0 Å². The third-order valence-corrected chi connectivity index (χ3v) is 4.32. The molecule has 1 saturated carbocycles. The molecule has 110 valence electrons. The van der Waals surface area contributed by atoms with Gasteiger partial charge in [0, 0.05) is 6.04 Å². The maximum atomic E-state index is 12.3. The number of rotatable bonds is 4. The highest BCUT2D eigenvalue weighted by Crippen LogP contribution is 2.27. The molecule has 2 rings (SSSR count). The van der Waals surface area contributed by atoms with Crippen molar-refractivity contribution in [3.63, 3.8) is 0 Å². The molecule has 0 saturated heterocycles. The molecule has 1 aliphatic rings. The predicted octanol–water partition coefficient (Wildman–Crippen LogP) is 3.31. The van der Waals surface area contributed by atoms with Crippen molar-refractivity contribution >= 4 is 5.97 Å². The summed E-state index contributed by atoms with van der Waals surface area (Å²) in [6, 6.07) is 8.51. The lowest BCUT2D eigenvalue weighted by Crippen LogP contribution is -2.52. The van der Waals surface area contributed by atoms with Crippen molar-refractivity contribution in [1.29, 1.82) is 0 Å². The molecule has 1 unspecified atom stereocenters. The van der Waals surface area contributed by atoms with E-state index in [0.717, 1.165) is 18.4 Å². The quantitative estimate of drug-likeness (QED) is 0.857. The first-order valence-corrected chi connectivity index (χ1v) is 7.49. The van der Waals surface area contributed by atoms with Gasteiger partial charge in [-0.1, -0.05) is 49.1 Å². The first-order chi connectivity index (χ1) is 9.56. The first kappa shape index (κ1) is 15.0. The first-order valence-electron chi connectivity index (χ1n) is 7.49. The van der Waals surface area contributed by atoms with E-state index < -0.39 is 5.54 Å². The summed E-state index contributed by atoms with van der Waals surface area (Å²) in [5.74, 6) is -0.216. The van der Waals surface area contributed by atoms with Gasteiger partial charge in [-0.2, -0.15) is 0 Å². The minimum absolute atomic E-state index is 0.216. The van der Waals surface area contributed by atoms with Crippen molar-refractivity contribution in [2.45, 2.75) is 57.5 Å². The smallest absolute Gasteiger partial charge is 0.330 e. The molecular weight excluding hydrogens is 250 g/mol. The number of esters is 1. The topological polar surface area (TPSA) is 38.3 Å². The number of aryl methyl sites for hydroxylation is 1. The van der Waals surface area contributed by atoms with Gasteiger partial charge in [0.25, 0.3) is 0 Å². The molecule has 0 bridgehead atoms. The Morgan fingerprint density at radius 3 is 2.35 bits per heavy atom. The number of methoxy groups -OCH3 is 1. The standard InChI is InChI=1S/C17H25NO2/c1-13-9-11-14(12-10-13)17(2,16(19)20-3)18-15-7-5-4-6-8-15/h9-12,15,18H,4-8H2,1-3H3. The number of carbonyl (C=O) groups excluding carboxylic acids is 1. The highest BCUT2D eigenvalue weighted by Gasteiger charge is 2.38. The van der Waals surface area contributed by atoms with Crippen LogP contribution in [-0.4, -0.2) is 19.1 Å². The summed E-state index contributed by atoms with van der Waals surface area (Å²) >= 11 is 0. The van der Waals surface area contributed by atoms with Crippen molar-refractivity contribution in [1.82, 2.24) is 5.32 Å². The lowest BCUT2D eigenvalue weighted by Gasteiger charge is -2.35. The van der Waals surface area contributed by atoms with E-state index in [4.69, 9.17) is 4.74 Å². The van der Waals surface area contributed by atoms with Gasteiger partial charge in [0.1, 0.15) is 5.54 Å². The SMILES string of the molecule is COC(=O)C(C)(NC1CCCCC1)c1ccc(C)cc1. The molecule has 3 heteroatoms. The molecule has 0 heterocycles. The molecule has 1 aromatic rings. The highest BCUT2D eigenvalue weighted by atomic mass is 16.5. The average Bonchev–Trinajstić information content (AvgIpc) is 2.48. The molecular formula is C17H25NO2. The minimum Gasteiger partial charge on any atom is -0.467 e. The maximum absolute atomic E-state index is 12.3. The Morgan fingerprint density at radius 1 is 1.20 bits per heavy atom. The summed E-state index contributed by atoms with van der Waals surface area (Å²) in [7, 11) is 1.46. The average molecular weight is 275 g/mol. The molecule has 0 spiro atoms. The van der Waals surface area contributed by atoms with Gasteiger partial charge in [-0.3, -0.25) is 5.32 Å². The maximum Gasteiger partial charge on any atom is 0.330 e. The molecule has 1 aliphatic carbocycles. The Balaban J connectivity index is 2.24. The zero-order chi connectivity index (χ0) is 14.6. The van der Waals surface area contributed by atoms with Crippen LogP contribution in [0.5, 0.6) is 0 Å². The van der Waals surface area contributed by atoms with Crippen molar-refractivity contribution in [2.75, 3.05) is 7.11 Å². The monoisotopic (exact) mass is 275 g/mol. The van der Waals surface area contributed by atoms with Crippen LogP contribution in [0.3, 0.4) is 0 Å². The third-order valence-electron chi connectivity index (χ3n) is 4.32. The molecule has 20 heavy (non-hydrogen) atoms. The number of hydrogen-bond acceptors (Lipinski definition) is 3. The van der Waals surface area contributed by atoms with Crippen LogP contribution in [0.25, 0.3) is 0 Å². The van der Waals surface area contributed by atoms with Crippen LogP contribution >= 0.6 is 0 Å². The van der Waals surface area contributed by atoms with E-state index in [1.54, 1.807) is 0 Å². The fraction of sp³-hybridized carbons (Fsp3) is 0.588. The van der Waals surface area contributed by atoms with E-state index in [0.29, 0.717) is 6.04 Å². The molecule has 0 radical (unpaired) electrons. The lowest BCUT2D eigenvalue weighted by molar-refractivity contribution is -0.148. The van der Waals surface area contributed by atoms with Crippen LogP contribution in [0.2, 0.25) is 0 Å². The van der Waals surface area contributed by atoms with E-state index >= 15 is 0 Å². The molecule has 0 aromatic heterocycles. The number of benzene rings is 1. The van der Waals surface area contributed by atoms with Crippen molar-refractivity contribution in [3.05, 3.63) is 35.4 Å². The molecule has 3 nitrogen and oxygen atoms in total. The second kappa shape index (κ2) is 6.40. The molecule has 0 amide bonds. The van der Waals surface area contributed by atoms with E-state index in [1.165, 1.54) is 31.9 Å². The number of hydrogen-bond donors (Lipinski definition) is 1. The largest absolute Gasteiger partial charge is 0.467 e. The fourth-order valence-corrected chi connectivity index (χ4v) is 3.01. The van der Waals surface area contributed by atoms with Gasteiger partial charge in [-0.05, 0) is 32.3 Å². The Kier molecular flexibility index (Phi) is 4.81. The minimum atomic E-state index is -0.759. The van der Waals surface area contributed by atoms with Crippen LogP contribution in [0.1, 0.15) is 50.2 Å². The van der Waals surface area contributed by atoms with E-state index in [9.17, 15) is 4.79 Å². The van der Waals surface area contributed by atoms with E-state index in [-0.39, 0.29) is 5.97 Å². The fourth-order valence-electron chi connectivity index (χ4n) is 3.01. The lowest BCUT2D eigenvalue weighted by atomic mass is 9.87. The van der Waals surface area contributed by atoms with Gasteiger partial charge < -0.3 is 4.74 Å². The highest BCUT2D eigenvalue weighted by molar-refractivity contribution is 5.82. The van der Waals surface area contributed by atoms with E-state index in [2.05, 4.69) is 5.32 Å². The summed E-state index contributed by atoms with van der Waals surface area (Å²) in [6.07, 6.45) is 6.06. The molecule has 1 aromatic carbocycles. The molecule has 1 N–H and O–H groups in total. The predicted molar refractivity (Wildman–Crippen MR) is 80.6 cm³/mol. The second-order valence-corrected chi connectivity index (χ2v) is 5.96. The van der Waals surface area contributed by atoms with Crippen LogP contribution < -0.4 is 5.32 Å². The third kappa shape index (κ3) is 3.21. The number of carbonyl (C=O) groups is 1. The Morgan fingerprint density at radius 2 is 1.80 bits per heavy atom. The van der Waals surface area contributed by atoms with Gasteiger partial charge in [-0.15, -0.1) is 0 Å². The number of nitrogens with one attached hydrogen (secondary N) is 1. The zero-order valence-electron chi connectivity index (χ0n) is 12.7. The van der Waals surface area contributed by atoms with Crippen molar-refractivity contribution in [2.24, 2.45) is 0 Å². The van der Waals surface area contributed by atoms with E-state index in [1.807, 2.05) is 38.1 Å². The Hall–Kier alpha value is -1.35. The summed E-state index contributed by atoms with van der Waals surface area (Å²) in [6.45, 7) is 3.98. The summed E-state index contributed by atoms with van der Waals surface area (Å²) in [5, 5.41) is 3.54. The van der Waals surface area contributed by atoms with Crippen molar-refractivity contribution in [3.8, 4) is 0 Å². The molecule has 1 fully saturated rings. The summed E-state index contributed by atoms with van der Waals surface area (Å²) < 4.78 is 5.04. The van der Waals surface area contributed by atoms with Crippen LogP contribution in [0.15, 0.2) is 24.3 Å². The van der Waals surface area contributed by atoms with Crippen molar-refractivity contribution < 1.29 is 9.53 Å². The Labute approximate surface area is 121 Å². The zero-order valence-corrected chi connectivity index (χ0v) is 12.7. The van der Waals surface area contributed by atoms with Crippen LogP contribution in [0.4, 0.5) is 0 Å². The summed E-state index contributed by atoms with van der Waals surface area (Å²) in [5.41, 5.74) is 1.41. The van der Waals surface area contributed by atoms with Gasteiger partial charge >= 0.3 is 5.97 Å². The van der Waals surface area contributed by atoms with Crippen LogP contribution in [-0.2, 0) is 15.1 Å². The molecule has 0 aliphatic heterocycles. The Bertz CT molecular complexity index is 449. The van der Waals surface area contributed by atoms with Gasteiger partial charge in [0.05, 0.1) is 7.11 Å². The van der Waals surface area contributed by atoms with Crippen LogP contribution in [0, 0.1) is 6.92 Å². The second-order valence-electron chi connectivity index (χ2n) is 5.96. The number of ether oxygens (including phenoxy) is 1. The molecule has 1 atom stereocenters. The van der Waals surface area contributed by atoms with Gasteiger partial charge in [0.15, 0.2) is 0 Å².